The van der Waals surface area contributed by atoms with E-state index in [0.717, 1.165) is 11.3 Å². The van der Waals surface area contributed by atoms with E-state index in [-0.39, 0.29) is 12.1 Å². The van der Waals surface area contributed by atoms with Gasteiger partial charge in [0.25, 0.3) is 0 Å². The SMILES string of the molecule is COc1ccc(O)c([C@@H](C)N(C)[C@H](C)c2ccccc2)c1. The van der Waals surface area contributed by atoms with Gasteiger partial charge >= 0.3 is 0 Å². The average Bonchev–Trinajstić information content (AvgIpc) is 2.54. The zero-order valence-electron chi connectivity index (χ0n) is 13.1. The van der Waals surface area contributed by atoms with Crippen LogP contribution in [0, 0.1) is 0 Å². The van der Waals surface area contributed by atoms with E-state index in [9.17, 15) is 5.11 Å². The third kappa shape index (κ3) is 3.37. The Morgan fingerprint density at radius 3 is 2.29 bits per heavy atom. The number of benzene rings is 2. The van der Waals surface area contributed by atoms with Gasteiger partial charge in [-0.15, -0.1) is 0 Å². The fraction of sp³-hybridized carbons (Fsp3) is 0.333. The van der Waals surface area contributed by atoms with Gasteiger partial charge in [-0.25, -0.2) is 0 Å². The Kier molecular flexibility index (Phi) is 4.86. The molecule has 2 aromatic carbocycles. The minimum atomic E-state index is 0.0790. The second-order valence-corrected chi connectivity index (χ2v) is 5.35. The van der Waals surface area contributed by atoms with Gasteiger partial charge in [0.15, 0.2) is 0 Å². The van der Waals surface area contributed by atoms with Crippen LogP contribution in [0.5, 0.6) is 11.5 Å². The number of nitrogens with zero attached hydrogens (tertiary/aromatic N) is 1. The number of hydrogen-bond donors (Lipinski definition) is 1. The molecule has 2 rings (SSSR count). The molecule has 0 heterocycles. The molecule has 3 nitrogen and oxygen atoms in total. The third-order valence-electron chi connectivity index (χ3n) is 4.19. The van der Waals surface area contributed by atoms with Crippen LogP contribution in [0.25, 0.3) is 0 Å². The molecule has 1 N–H and O–H groups in total. The first kappa shape index (κ1) is 15.4. The van der Waals surface area contributed by atoms with Gasteiger partial charge in [-0.05, 0) is 44.7 Å². The van der Waals surface area contributed by atoms with E-state index in [0.29, 0.717) is 5.75 Å². The Morgan fingerprint density at radius 1 is 1.00 bits per heavy atom. The summed E-state index contributed by atoms with van der Waals surface area (Å²) >= 11 is 0. The molecule has 0 aliphatic heterocycles. The van der Waals surface area contributed by atoms with Crippen molar-refractivity contribution in [3.8, 4) is 11.5 Å². The number of ether oxygens (including phenoxy) is 1. The van der Waals surface area contributed by atoms with Crippen molar-refractivity contribution in [2.24, 2.45) is 0 Å². The van der Waals surface area contributed by atoms with Crippen LogP contribution in [0.2, 0.25) is 0 Å². The van der Waals surface area contributed by atoms with Crippen molar-refractivity contribution >= 4 is 0 Å². The van der Waals surface area contributed by atoms with Gasteiger partial charge in [0.2, 0.25) is 0 Å². The number of rotatable bonds is 5. The van der Waals surface area contributed by atoms with Crippen molar-refractivity contribution < 1.29 is 9.84 Å². The molecule has 3 heteroatoms. The van der Waals surface area contributed by atoms with Gasteiger partial charge in [0.1, 0.15) is 11.5 Å². The molecule has 21 heavy (non-hydrogen) atoms. The van der Waals surface area contributed by atoms with Crippen LogP contribution >= 0.6 is 0 Å². The molecule has 0 saturated carbocycles. The third-order valence-corrected chi connectivity index (χ3v) is 4.19. The minimum Gasteiger partial charge on any atom is -0.508 e. The van der Waals surface area contributed by atoms with Gasteiger partial charge in [0.05, 0.1) is 7.11 Å². The summed E-state index contributed by atoms with van der Waals surface area (Å²) in [5.41, 5.74) is 2.13. The highest BCUT2D eigenvalue weighted by Crippen LogP contribution is 2.34. The van der Waals surface area contributed by atoms with Crippen LogP contribution in [-0.4, -0.2) is 24.2 Å². The van der Waals surface area contributed by atoms with Crippen LogP contribution in [-0.2, 0) is 0 Å². The topological polar surface area (TPSA) is 32.7 Å². The summed E-state index contributed by atoms with van der Waals surface area (Å²) in [6.07, 6.45) is 0. The lowest BCUT2D eigenvalue weighted by molar-refractivity contribution is 0.195. The fourth-order valence-corrected chi connectivity index (χ4v) is 2.52. The van der Waals surface area contributed by atoms with Gasteiger partial charge in [-0.3, -0.25) is 4.90 Å². The molecule has 0 bridgehead atoms. The standard InChI is InChI=1S/C18H23NO2/c1-13(15-8-6-5-7-9-15)19(3)14(2)17-12-16(21-4)10-11-18(17)20/h5-14,20H,1-4H3/t13-,14-/m1/s1. The summed E-state index contributed by atoms with van der Waals surface area (Å²) in [6.45, 7) is 4.26. The lowest BCUT2D eigenvalue weighted by atomic mass is 10.0. The number of hydrogen-bond acceptors (Lipinski definition) is 3. The zero-order valence-corrected chi connectivity index (χ0v) is 13.1. The predicted octanol–water partition coefficient (Wildman–Crippen LogP) is 4.15. The van der Waals surface area contributed by atoms with Crippen LogP contribution in [0.3, 0.4) is 0 Å². The summed E-state index contributed by atoms with van der Waals surface area (Å²) in [4.78, 5) is 2.24. The first-order chi connectivity index (χ1) is 10.0. The highest BCUT2D eigenvalue weighted by atomic mass is 16.5. The highest BCUT2D eigenvalue weighted by Gasteiger charge is 2.21. The smallest absolute Gasteiger partial charge is 0.120 e. The molecule has 0 unspecified atom stereocenters. The molecule has 0 aliphatic carbocycles. The maximum Gasteiger partial charge on any atom is 0.120 e. The lowest BCUT2D eigenvalue weighted by Gasteiger charge is -2.32. The van der Waals surface area contributed by atoms with Crippen LogP contribution in [0.1, 0.15) is 37.1 Å². The Hall–Kier alpha value is -2.00. The molecular formula is C18H23NO2. The number of phenols is 1. The summed E-state index contributed by atoms with van der Waals surface area (Å²) in [6, 6.07) is 16.1. The number of aromatic hydroxyl groups is 1. The summed E-state index contributed by atoms with van der Waals surface area (Å²) < 4.78 is 5.26. The normalized spacial score (nSPS) is 14.0. The fourth-order valence-electron chi connectivity index (χ4n) is 2.52. The monoisotopic (exact) mass is 285 g/mol. The van der Waals surface area contributed by atoms with E-state index in [4.69, 9.17) is 4.74 Å². The largest absolute Gasteiger partial charge is 0.508 e. The van der Waals surface area contributed by atoms with Crippen molar-refractivity contribution in [2.45, 2.75) is 25.9 Å². The van der Waals surface area contributed by atoms with Crippen molar-refractivity contribution in [3.63, 3.8) is 0 Å². The van der Waals surface area contributed by atoms with Gasteiger partial charge in [-0.2, -0.15) is 0 Å². The Balaban J connectivity index is 2.25. The number of methoxy groups -OCH3 is 1. The van der Waals surface area contributed by atoms with E-state index < -0.39 is 0 Å². The van der Waals surface area contributed by atoms with Crippen molar-refractivity contribution in [1.82, 2.24) is 4.90 Å². The molecule has 0 aliphatic rings. The second kappa shape index (κ2) is 6.64. The molecule has 2 atom stereocenters. The lowest BCUT2D eigenvalue weighted by Crippen LogP contribution is -2.25. The molecule has 0 fully saturated rings. The molecule has 0 spiro atoms. The summed E-state index contributed by atoms with van der Waals surface area (Å²) in [5.74, 6) is 1.06. The molecular weight excluding hydrogens is 262 g/mol. The minimum absolute atomic E-state index is 0.0790. The molecule has 0 radical (unpaired) electrons. The van der Waals surface area contributed by atoms with Gasteiger partial charge in [-0.1, -0.05) is 30.3 Å². The van der Waals surface area contributed by atoms with Gasteiger partial charge < -0.3 is 9.84 Å². The number of phenolic OH excluding ortho intramolecular Hbond substituents is 1. The Bertz CT molecular complexity index is 583. The molecule has 2 aromatic rings. The maximum atomic E-state index is 10.1. The molecule has 112 valence electrons. The Morgan fingerprint density at radius 2 is 1.67 bits per heavy atom. The van der Waals surface area contributed by atoms with E-state index >= 15 is 0 Å². The second-order valence-electron chi connectivity index (χ2n) is 5.35. The van der Waals surface area contributed by atoms with Crippen molar-refractivity contribution in [1.29, 1.82) is 0 Å². The van der Waals surface area contributed by atoms with Crippen LogP contribution in [0.15, 0.2) is 48.5 Å². The van der Waals surface area contributed by atoms with Crippen LogP contribution < -0.4 is 4.74 Å². The zero-order chi connectivity index (χ0) is 15.4. The molecule has 0 amide bonds. The highest BCUT2D eigenvalue weighted by molar-refractivity contribution is 5.41. The Labute approximate surface area is 126 Å². The molecule has 0 aromatic heterocycles. The average molecular weight is 285 g/mol. The maximum absolute atomic E-state index is 10.1. The van der Waals surface area contributed by atoms with E-state index in [1.807, 2.05) is 24.3 Å². The quantitative estimate of drug-likeness (QED) is 0.895. The van der Waals surface area contributed by atoms with E-state index in [2.05, 4.69) is 37.9 Å². The summed E-state index contributed by atoms with van der Waals surface area (Å²) in [7, 11) is 3.71. The van der Waals surface area contributed by atoms with Crippen LogP contribution in [0.4, 0.5) is 0 Å². The predicted molar refractivity (Wildman–Crippen MR) is 85.7 cm³/mol. The summed E-state index contributed by atoms with van der Waals surface area (Å²) in [5, 5.41) is 10.1. The van der Waals surface area contributed by atoms with E-state index in [1.54, 1.807) is 19.2 Å². The van der Waals surface area contributed by atoms with Crippen molar-refractivity contribution in [3.05, 3.63) is 59.7 Å². The van der Waals surface area contributed by atoms with E-state index in [1.165, 1.54) is 5.56 Å². The molecule has 0 saturated heterocycles. The first-order valence-electron chi connectivity index (χ1n) is 7.18. The van der Waals surface area contributed by atoms with Gasteiger partial charge in [0, 0.05) is 17.6 Å². The van der Waals surface area contributed by atoms with Crippen molar-refractivity contribution in [2.75, 3.05) is 14.2 Å². The first-order valence-corrected chi connectivity index (χ1v) is 7.18.